The summed E-state index contributed by atoms with van der Waals surface area (Å²) in [6, 6.07) is 10.3. The lowest BCUT2D eigenvalue weighted by molar-refractivity contribution is -0.175. The van der Waals surface area contributed by atoms with Gasteiger partial charge in [0.25, 0.3) is 0 Å². The van der Waals surface area contributed by atoms with E-state index < -0.39 is 18.2 Å². The predicted molar refractivity (Wildman–Crippen MR) is 74.7 cm³/mol. The molecule has 0 saturated carbocycles. The minimum absolute atomic E-state index is 0.202. The molecule has 1 aromatic rings. The van der Waals surface area contributed by atoms with Crippen LogP contribution in [0.5, 0.6) is 0 Å². The van der Waals surface area contributed by atoms with E-state index in [0.29, 0.717) is 0 Å². The molecule has 0 spiro atoms. The second kappa shape index (κ2) is 8.67. The summed E-state index contributed by atoms with van der Waals surface area (Å²) in [7, 11) is 0. The molecule has 0 fully saturated rings. The number of carbonyl (C=O) groups is 1. The molecule has 0 aliphatic heterocycles. The Morgan fingerprint density at radius 3 is 2.11 bits per heavy atom. The van der Waals surface area contributed by atoms with Crippen LogP contribution in [-0.4, -0.2) is 35.0 Å². The number of aryl methyl sites for hydroxylation is 1. The first-order chi connectivity index (χ1) is 8.88. The van der Waals surface area contributed by atoms with E-state index in [1.165, 1.54) is 5.56 Å². The SMILES string of the molecule is CCOC(=O)C(O)(CO)C(C)C.Cc1ccccc1. The number of benzene rings is 1. The highest BCUT2D eigenvalue weighted by atomic mass is 16.6. The molecule has 4 heteroatoms. The van der Waals surface area contributed by atoms with Crippen LogP contribution in [0, 0.1) is 12.8 Å². The van der Waals surface area contributed by atoms with Crippen molar-refractivity contribution in [3.8, 4) is 0 Å². The fourth-order valence-electron chi connectivity index (χ4n) is 1.27. The van der Waals surface area contributed by atoms with Crippen LogP contribution in [-0.2, 0) is 9.53 Å². The van der Waals surface area contributed by atoms with Gasteiger partial charge in [0.2, 0.25) is 0 Å². The van der Waals surface area contributed by atoms with E-state index in [9.17, 15) is 9.90 Å². The number of hydrogen-bond donors (Lipinski definition) is 2. The summed E-state index contributed by atoms with van der Waals surface area (Å²) in [6.45, 7) is 6.62. The second-order valence-corrected chi connectivity index (χ2v) is 4.61. The van der Waals surface area contributed by atoms with Gasteiger partial charge in [-0.3, -0.25) is 0 Å². The van der Waals surface area contributed by atoms with Gasteiger partial charge in [-0.05, 0) is 19.8 Å². The summed E-state index contributed by atoms with van der Waals surface area (Å²) in [5.41, 5.74) is -0.432. The molecule has 4 nitrogen and oxygen atoms in total. The first kappa shape index (κ1) is 17.6. The van der Waals surface area contributed by atoms with Crippen LogP contribution in [0.3, 0.4) is 0 Å². The number of aliphatic hydroxyl groups is 2. The zero-order valence-electron chi connectivity index (χ0n) is 12.1. The molecular formula is C15H24O4. The van der Waals surface area contributed by atoms with Gasteiger partial charge in [0, 0.05) is 0 Å². The third kappa shape index (κ3) is 5.85. The van der Waals surface area contributed by atoms with E-state index in [1.54, 1.807) is 20.8 Å². The van der Waals surface area contributed by atoms with Gasteiger partial charge in [0.15, 0.2) is 5.60 Å². The summed E-state index contributed by atoms with van der Waals surface area (Å²) in [6.07, 6.45) is 0. The minimum atomic E-state index is -1.75. The van der Waals surface area contributed by atoms with Crippen LogP contribution in [0.25, 0.3) is 0 Å². The van der Waals surface area contributed by atoms with Gasteiger partial charge >= 0.3 is 5.97 Å². The third-order valence-electron chi connectivity index (χ3n) is 2.77. The molecule has 0 bridgehead atoms. The smallest absolute Gasteiger partial charge is 0.340 e. The monoisotopic (exact) mass is 268 g/mol. The molecule has 0 aromatic heterocycles. The predicted octanol–water partition coefficient (Wildman–Crippen LogP) is 1.92. The van der Waals surface area contributed by atoms with Gasteiger partial charge in [-0.25, -0.2) is 4.79 Å². The lowest BCUT2D eigenvalue weighted by atomic mass is 9.91. The first-order valence-electron chi connectivity index (χ1n) is 6.40. The summed E-state index contributed by atoms with van der Waals surface area (Å²) >= 11 is 0. The Morgan fingerprint density at radius 1 is 1.32 bits per heavy atom. The molecule has 0 radical (unpaired) electrons. The zero-order chi connectivity index (χ0) is 14.9. The van der Waals surface area contributed by atoms with Gasteiger partial charge < -0.3 is 14.9 Å². The van der Waals surface area contributed by atoms with E-state index in [0.717, 1.165) is 0 Å². The van der Waals surface area contributed by atoms with Crippen molar-refractivity contribution in [2.24, 2.45) is 5.92 Å². The van der Waals surface area contributed by atoms with Gasteiger partial charge in [-0.1, -0.05) is 49.7 Å². The van der Waals surface area contributed by atoms with E-state index >= 15 is 0 Å². The number of hydrogen-bond acceptors (Lipinski definition) is 4. The molecule has 108 valence electrons. The molecule has 0 aliphatic rings. The normalized spacial score (nSPS) is 13.2. The largest absolute Gasteiger partial charge is 0.464 e. The van der Waals surface area contributed by atoms with Crippen LogP contribution >= 0.6 is 0 Å². The van der Waals surface area contributed by atoms with Crippen molar-refractivity contribution >= 4 is 5.97 Å². The molecule has 1 atom stereocenters. The first-order valence-corrected chi connectivity index (χ1v) is 6.40. The van der Waals surface area contributed by atoms with Crippen LogP contribution in [0.4, 0.5) is 0 Å². The molecule has 1 aromatic carbocycles. The summed E-state index contributed by atoms with van der Waals surface area (Å²) in [5.74, 6) is -1.12. The summed E-state index contributed by atoms with van der Waals surface area (Å²) < 4.78 is 4.61. The number of ether oxygens (including phenoxy) is 1. The lowest BCUT2D eigenvalue weighted by Gasteiger charge is -2.26. The molecule has 1 rings (SSSR count). The van der Waals surface area contributed by atoms with E-state index in [-0.39, 0.29) is 12.5 Å². The topological polar surface area (TPSA) is 66.8 Å². The quantitative estimate of drug-likeness (QED) is 0.819. The van der Waals surface area contributed by atoms with Gasteiger partial charge in [-0.2, -0.15) is 0 Å². The number of carbonyl (C=O) groups excluding carboxylic acids is 1. The Bertz CT molecular complexity index is 362. The van der Waals surface area contributed by atoms with Gasteiger partial charge in [-0.15, -0.1) is 0 Å². The maximum Gasteiger partial charge on any atom is 0.340 e. The summed E-state index contributed by atoms with van der Waals surface area (Å²) in [4.78, 5) is 11.1. The molecular weight excluding hydrogens is 244 g/mol. The summed E-state index contributed by atoms with van der Waals surface area (Å²) in [5, 5.41) is 18.4. The van der Waals surface area contributed by atoms with Crippen molar-refractivity contribution < 1.29 is 19.7 Å². The van der Waals surface area contributed by atoms with Crippen molar-refractivity contribution in [3.63, 3.8) is 0 Å². The number of rotatable bonds is 4. The van der Waals surface area contributed by atoms with E-state index in [2.05, 4.69) is 23.8 Å². The molecule has 0 amide bonds. The fourth-order valence-corrected chi connectivity index (χ4v) is 1.27. The Hall–Kier alpha value is -1.39. The number of aliphatic hydroxyl groups excluding tert-OH is 1. The molecule has 2 N–H and O–H groups in total. The fraction of sp³-hybridized carbons (Fsp3) is 0.533. The Balaban J connectivity index is 0.000000388. The Kier molecular flexibility index (Phi) is 8.03. The van der Waals surface area contributed by atoms with E-state index in [1.807, 2.05) is 18.2 Å². The molecule has 1 unspecified atom stereocenters. The van der Waals surface area contributed by atoms with Crippen LogP contribution < -0.4 is 0 Å². The highest BCUT2D eigenvalue weighted by Crippen LogP contribution is 2.17. The Labute approximate surface area is 115 Å². The number of esters is 1. The standard InChI is InChI=1S/C8H16O4.C7H8/c1-4-12-7(10)8(11,5-9)6(2)3;1-7-5-3-2-4-6-7/h6,9,11H,4-5H2,1-3H3;2-6H,1H3. The van der Waals surface area contributed by atoms with Crippen molar-refractivity contribution in [1.82, 2.24) is 0 Å². The maximum absolute atomic E-state index is 11.1. The highest BCUT2D eigenvalue weighted by molar-refractivity contribution is 5.79. The van der Waals surface area contributed by atoms with Crippen molar-refractivity contribution in [1.29, 1.82) is 0 Å². The Morgan fingerprint density at radius 2 is 1.84 bits per heavy atom. The van der Waals surface area contributed by atoms with Crippen LogP contribution in [0.1, 0.15) is 26.3 Å². The van der Waals surface area contributed by atoms with Crippen molar-refractivity contribution in [3.05, 3.63) is 35.9 Å². The average Bonchev–Trinajstić information content (AvgIpc) is 2.39. The van der Waals surface area contributed by atoms with Crippen LogP contribution in [0.2, 0.25) is 0 Å². The lowest BCUT2D eigenvalue weighted by Crippen LogP contribution is -2.48. The van der Waals surface area contributed by atoms with Gasteiger partial charge in [0.05, 0.1) is 13.2 Å². The molecule has 19 heavy (non-hydrogen) atoms. The highest BCUT2D eigenvalue weighted by Gasteiger charge is 2.40. The molecule has 0 saturated heterocycles. The maximum atomic E-state index is 11.1. The van der Waals surface area contributed by atoms with E-state index in [4.69, 9.17) is 5.11 Å². The minimum Gasteiger partial charge on any atom is -0.464 e. The zero-order valence-corrected chi connectivity index (χ0v) is 12.1. The molecule has 0 aliphatic carbocycles. The third-order valence-corrected chi connectivity index (χ3v) is 2.77. The average molecular weight is 268 g/mol. The van der Waals surface area contributed by atoms with Gasteiger partial charge in [0.1, 0.15) is 0 Å². The van der Waals surface area contributed by atoms with Crippen molar-refractivity contribution in [2.45, 2.75) is 33.3 Å². The second-order valence-electron chi connectivity index (χ2n) is 4.61. The van der Waals surface area contributed by atoms with Crippen molar-refractivity contribution in [2.75, 3.05) is 13.2 Å². The van der Waals surface area contributed by atoms with Crippen LogP contribution in [0.15, 0.2) is 30.3 Å². The molecule has 0 heterocycles.